The molecule has 0 amide bonds. The monoisotopic (exact) mass is 291 g/mol. The minimum atomic E-state index is -3.45. The number of rotatable bonds is 2. The second-order valence-corrected chi connectivity index (χ2v) is 6.18. The van der Waals surface area contributed by atoms with Crippen LogP contribution in [0.25, 0.3) is 0 Å². The average Bonchev–Trinajstić information content (AvgIpc) is 2.29. The van der Waals surface area contributed by atoms with Gasteiger partial charge in [0.2, 0.25) is 0 Å². The van der Waals surface area contributed by atoms with E-state index in [4.69, 9.17) is 0 Å². The standard InChI is InChI=1S/C11H17N3O2S.ClH/c1-9-3-4-13-11(7-9)17(15,16)14-6-5-12-8-10(14)2;/h3-4,7,10,12H,5-6,8H2,1-2H3;1H. The summed E-state index contributed by atoms with van der Waals surface area (Å²) in [5.41, 5.74) is 0.904. The lowest BCUT2D eigenvalue weighted by atomic mass is 10.3. The molecule has 0 spiro atoms. The van der Waals surface area contributed by atoms with Crippen LogP contribution in [0.15, 0.2) is 23.4 Å². The smallest absolute Gasteiger partial charge is 0.260 e. The molecule has 1 aliphatic heterocycles. The highest BCUT2D eigenvalue weighted by molar-refractivity contribution is 7.89. The summed E-state index contributed by atoms with van der Waals surface area (Å²) in [5, 5.41) is 3.32. The molecular formula is C11H18ClN3O2S. The van der Waals surface area contributed by atoms with Gasteiger partial charge in [-0.15, -0.1) is 12.4 Å². The number of piperazine rings is 1. The molecule has 102 valence electrons. The Bertz CT molecular complexity index is 507. The second kappa shape index (κ2) is 5.97. The van der Waals surface area contributed by atoms with Crippen molar-refractivity contribution in [1.29, 1.82) is 0 Å². The van der Waals surface area contributed by atoms with Crippen LogP contribution in [0.5, 0.6) is 0 Å². The van der Waals surface area contributed by atoms with E-state index in [1.54, 1.807) is 12.1 Å². The Morgan fingerprint density at radius 1 is 1.50 bits per heavy atom. The van der Waals surface area contributed by atoms with Gasteiger partial charge in [-0.3, -0.25) is 0 Å². The molecule has 1 saturated heterocycles. The van der Waals surface area contributed by atoms with Crippen LogP contribution in [0.4, 0.5) is 0 Å². The number of aromatic nitrogens is 1. The Balaban J connectivity index is 0.00000162. The van der Waals surface area contributed by atoms with Crippen LogP contribution in [0, 0.1) is 6.92 Å². The van der Waals surface area contributed by atoms with Crippen molar-refractivity contribution in [3.8, 4) is 0 Å². The number of pyridine rings is 1. The molecule has 2 heterocycles. The van der Waals surface area contributed by atoms with E-state index in [9.17, 15) is 8.42 Å². The van der Waals surface area contributed by atoms with Crippen molar-refractivity contribution in [2.75, 3.05) is 19.6 Å². The first-order chi connectivity index (χ1) is 8.01. The maximum absolute atomic E-state index is 12.4. The number of hydrogen-bond donors (Lipinski definition) is 1. The summed E-state index contributed by atoms with van der Waals surface area (Å²) in [7, 11) is -3.45. The molecule has 1 N–H and O–H groups in total. The van der Waals surface area contributed by atoms with E-state index >= 15 is 0 Å². The lowest BCUT2D eigenvalue weighted by molar-refractivity contribution is 0.283. The average molecular weight is 292 g/mol. The Morgan fingerprint density at radius 3 is 2.83 bits per heavy atom. The zero-order chi connectivity index (χ0) is 12.5. The Labute approximate surface area is 114 Å². The van der Waals surface area contributed by atoms with Gasteiger partial charge in [-0.05, 0) is 31.5 Å². The summed E-state index contributed by atoms with van der Waals surface area (Å²) in [6.45, 7) is 5.64. The van der Waals surface area contributed by atoms with Gasteiger partial charge >= 0.3 is 0 Å². The highest BCUT2D eigenvalue weighted by Gasteiger charge is 2.31. The van der Waals surface area contributed by atoms with E-state index < -0.39 is 10.0 Å². The molecule has 1 fully saturated rings. The lowest BCUT2D eigenvalue weighted by Gasteiger charge is -2.32. The van der Waals surface area contributed by atoms with Crippen molar-refractivity contribution in [2.24, 2.45) is 0 Å². The quantitative estimate of drug-likeness (QED) is 0.875. The fourth-order valence-electron chi connectivity index (χ4n) is 1.95. The second-order valence-electron chi connectivity index (χ2n) is 4.34. The van der Waals surface area contributed by atoms with Gasteiger partial charge in [-0.25, -0.2) is 13.4 Å². The van der Waals surface area contributed by atoms with Gasteiger partial charge in [0.05, 0.1) is 0 Å². The van der Waals surface area contributed by atoms with Crippen molar-refractivity contribution in [3.63, 3.8) is 0 Å². The number of halogens is 1. The molecule has 1 aliphatic rings. The number of sulfonamides is 1. The Kier molecular flexibility index (Phi) is 5.10. The van der Waals surface area contributed by atoms with Crippen LogP contribution in [0.2, 0.25) is 0 Å². The van der Waals surface area contributed by atoms with Gasteiger partial charge in [0.1, 0.15) is 0 Å². The maximum Gasteiger partial charge on any atom is 0.260 e. The van der Waals surface area contributed by atoms with Gasteiger partial charge in [-0.2, -0.15) is 4.31 Å². The highest BCUT2D eigenvalue weighted by Crippen LogP contribution is 2.17. The van der Waals surface area contributed by atoms with Gasteiger partial charge in [0.25, 0.3) is 10.0 Å². The zero-order valence-electron chi connectivity index (χ0n) is 10.5. The van der Waals surface area contributed by atoms with Crippen molar-refractivity contribution in [1.82, 2.24) is 14.6 Å². The summed E-state index contributed by atoms with van der Waals surface area (Å²) in [4.78, 5) is 3.97. The van der Waals surface area contributed by atoms with Crippen LogP contribution >= 0.6 is 12.4 Å². The molecule has 1 atom stereocenters. The van der Waals surface area contributed by atoms with E-state index in [1.165, 1.54) is 10.5 Å². The Hall–Kier alpha value is -0.690. The van der Waals surface area contributed by atoms with Gasteiger partial charge in [0, 0.05) is 31.9 Å². The van der Waals surface area contributed by atoms with Crippen LogP contribution in [0.3, 0.4) is 0 Å². The van der Waals surface area contributed by atoms with Crippen molar-refractivity contribution < 1.29 is 8.42 Å². The maximum atomic E-state index is 12.4. The molecule has 1 aromatic rings. The molecule has 7 heteroatoms. The van der Waals surface area contributed by atoms with E-state index in [1.807, 2.05) is 13.8 Å². The van der Waals surface area contributed by atoms with Gasteiger partial charge in [-0.1, -0.05) is 0 Å². The Morgan fingerprint density at radius 2 is 2.22 bits per heavy atom. The molecule has 0 bridgehead atoms. The first-order valence-electron chi connectivity index (χ1n) is 5.67. The van der Waals surface area contributed by atoms with Crippen molar-refractivity contribution >= 4 is 22.4 Å². The number of hydrogen-bond acceptors (Lipinski definition) is 4. The molecule has 5 nitrogen and oxygen atoms in total. The number of nitrogens with one attached hydrogen (secondary N) is 1. The van der Waals surface area contributed by atoms with E-state index in [0.717, 1.165) is 5.56 Å². The SMILES string of the molecule is Cc1ccnc(S(=O)(=O)N2CCNCC2C)c1.Cl. The number of aryl methyl sites for hydroxylation is 1. The molecule has 1 unspecified atom stereocenters. The minimum Gasteiger partial charge on any atom is -0.314 e. The predicted octanol–water partition coefficient (Wildman–Crippen LogP) is 0.794. The minimum absolute atomic E-state index is 0. The highest BCUT2D eigenvalue weighted by atomic mass is 35.5. The fraction of sp³-hybridized carbons (Fsp3) is 0.545. The third-order valence-electron chi connectivity index (χ3n) is 2.90. The van der Waals surface area contributed by atoms with Crippen molar-refractivity contribution in [2.45, 2.75) is 24.9 Å². The normalized spacial score (nSPS) is 21.3. The van der Waals surface area contributed by atoms with Crippen molar-refractivity contribution in [3.05, 3.63) is 23.9 Å². The molecule has 2 rings (SSSR count). The fourth-order valence-corrected chi connectivity index (χ4v) is 3.60. The molecule has 0 radical (unpaired) electrons. The first-order valence-corrected chi connectivity index (χ1v) is 7.11. The van der Waals surface area contributed by atoms with E-state index in [2.05, 4.69) is 10.3 Å². The van der Waals surface area contributed by atoms with Gasteiger partial charge in [0.15, 0.2) is 5.03 Å². The summed E-state index contributed by atoms with van der Waals surface area (Å²) in [5.74, 6) is 0. The summed E-state index contributed by atoms with van der Waals surface area (Å²) < 4.78 is 26.3. The first kappa shape index (κ1) is 15.4. The van der Waals surface area contributed by atoms with E-state index in [-0.39, 0.29) is 23.5 Å². The van der Waals surface area contributed by atoms with Crippen LogP contribution in [-0.4, -0.2) is 43.4 Å². The topological polar surface area (TPSA) is 62.3 Å². The molecule has 0 saturated carbocycles. The summed E-state index contributed by atoms with van der Waals surface area (Å²) in [6.07, 6.45) is 1.54. The van der Waals surface area contributed by atoms with E-state index in [0.29, 0.717) is 19.6 Å². The third-order valence-corrected chi connectivity index (χ3v) is 4.82. The lowest BCUT2D eigenvalue weighted by Crippen LogP contribution is -2.52. The molecule has 18 heavy (non-hydrogen) atoms. The predicted molar refractivity (Wildman–Crippen MR) is 72.4 cm³/mol. The largest absolute Gasteiger partial charge is 0.314 e. The molecular weight excluding hydrogens is 274 g/mol. The summed E-state index contributed by atoms with van der Waals surface area (Å²) in [6, 6.07) is 3.38. The molecule has 0 aliphatic carbocycles. The summed E-state index contributed by atoms with van der Waals surface area (Å²) >= 11 is 0. The number of nitrogens with zero attached hydrogens (tertiary/aromatic N) is 2. The van der Waals surface area contributed by atoms with Gasteiger partial charge < -0.3 is 5.32 Å². The van der Waals surface area contributed by atoms with Crippen LogP contribution in [-0.2, 0) is 10.0 Å². The van der Waals surface area contributed by atoms with Crippen LogP contribution in [0.1, 0.15) is 12.5 Å². The van der Waals surface area contributed by atoms with Crippen LogP contribution < -0.4 is 5.32 Å². The zero-order valence-corrected chi connectivity index (χ0v) is 12.1. The molecule has 1 aromatic heterocycles. The third kappa shape index (κ3) is 3.00. The molecule has 0 aromatic carbocycles.